The molecule has 1 atom stereocenters. The summed E-state index contributed by atoms with van der Waals surface area (Å²) in [7, 11) is 1.93. The molecule has 0 radical (unpaired) electrons. The monoisotopic (exact) mass is 342 g/mol. The summed E-state index contributed by atoms with van der Waals surface area (Å²) in [4.78, 5) is 15.6. The third-order valence-electron chi connectivity index (χ3n) is 4.48. The molecule has 0 aromatic carbocycles. The van der Waals surface area contributed by atoms with E-state index in [1.165, 1.54) is 17.7 Å². The number of carbonyl (C=O) groups is 1. The van der Waals surface area contributed by atoms with Crippen LogP contribution in [0.5, 0.6) is 0 Å². The van der Waals surface area contributed by atoms with Crippen LogP contribution in [0, 0.1) is 11.3 Å². The summed E-state index contributed by atoms with van der Waals surface area (Å²) in [6, 6.07) is 2.10. The van der Waals surface area contributed by atoms with Crippen molar-refractivity contribution in [3.63, 3.8) is 0 Å². The maximum absolute atomic E-state index is 12.5. The topological polar surface area (TPSA) is 32.3 Å². The van der Waals surface area contributed by atoms with Crippen molar-refractivity contribution in [2.45, 2.75) is 25.8 Å². The average Bonchev–Trinajstić information content (AvgIpc) is 2.92. The standard InChI is InChI=1S/C14H19BrN2OS/c1-17(8-11-6-10(15)9-19-11)13(18)12-7-14(12)2-4-16-5-3-14/h6,9,12,16H,2-5,7-8H2,1H3. The van der Waals surface area contributed by atoms with E-state index in [4.69, 9.17) is 0 Å². The second-order valence-corrected chi connectivity index (χ2v) is 7.71. The summed E-state index contributed by atoms with van der Waals surface area (Å²) >= 11 is 5.16. The van der Waals surface area contributed by atoms with Gasteiger partial charge in [-0.3, -0.25) is 4.79 Å². The lowest BCUT2D eigenvalue weighted by molar-refractivity contribution is -0.132. The van der Waals surface area contributed by atoms with Crippen LogP contribution in [0.15, 0.2) is 15.9 Å². The minimum absolute atomic E-state index is 0.281. The third kappa shape index (κ3) is 2.73. The summed E-state index contributed by atoms with van der Waals surface area (Å²) in [6.45, 7) is 2.89. The largest absolute Gasteiger partial charge is 0.340 e. The number of hydrogen-bond donors (Lipinski definition) is 1. The molecule has 1 aliphatic heterocycles. The van der Waals surface area contributed by atoms with Crippen LogP contribution < -0.4 is 5.32 Å². The molecule has 2 fully saturated rings. The minimum atomic E-state index is 0.281. The first-order valence-corrected chi connectivity index (χ1v) is 8.47. The molecule has 3 nitrogen and oxygen atoms in total. The minimum Gasteiger partial charge on any atom is -0.340 e. The maximum Gasteiger partial charge on any atom is 0.226 e. The van der Waals surface area contributed by atoms with Gasteiger partial charge in [-0.05, 0) is 59.8 Å². The van der Waals surface area contributed by atoms with Crippen LogP contribution in [0.1, 0.15) is 24.1 Å². The van der Waals surface area contributed by atoms with Crippen molar-refractivity contribution < 1.29 is 4.79 Å². The molecule has 1 unspecified atom stereocenters. The highest BCUT2D eigenvalue weighted by atomic mass is 79.9. The third-order valence-corrected chi connectivity index (χ3v) is 6.16. The molecule has 1 aliphatic carbocycles. The van der Waals surface area contributed by atoms with Crippen LogP contribution in [-0.4, -0.2) is 30.9 Å². The molecule has 2 aliphatic rings. The van der Waals surface area contributed by atoms with Crippen LogP contribution in [0.2, 0.25) is 0 Å². The Morgan fingerprint density at radius 3 is 2.95 bits per heavy atom. The van der Waals surface area contributed by atoms with Crippen LogP contribution in [0.3, 0.4) is 0 Å². The SMILES string of the molecule is CN(Cc1cc(Br)cs1)C(=O)C1CC12CCNCC2. The molecule has 104 valence electrons. The second kappa shape index (κ2) is 5.19. The first kappa shape index (κ1) is 13.6. The first-order chi connectivity index (χ1) is 9.11. The quantitative estimate of drug-likeness (QED) is 0.915. The van der Waals surface area contributed by atoms with Gasteiger partial charge in [0.25, 0.3) is 0 Å². The van der Waals surface area contributed by atoms with Gasteiger partial charge in [-0.2, -0.15) is 0 Å². The Balaban J connectivity index is 1.59. The predicted molar refractivity (Wildman–Crippen MR) is 81.1 cm³/mol. The van der Waals surface area contributed by atoms with Gasteiger partial charge < -0.3 is 10.2 Å². The lowest BCUT2D eigenvalue weighted by Crippen LogP contribution is -2.34. The molecule has 3 rings (SSSR count). The molecule has 1 saturated heterocycles. The Morgan fingerprint density at radius 2 is 2.32 bits per heavy atom. The van der Waals surface area contributed by atoms with Gasteiger partial charge in [-0.15, -0.1) is 11.3 Å². The molecule has 1 aromatic rings. The second-order valence-electron chi connectivity index (χ2n) is 5.79. The summed E-state index contributed by atoms with van der Waals surface area (Å²) in [5, 5.41) is 5.45. The van der Waals surface area contributed by atoms with Crippen molar-refractivity contribution in [1.29, 1.82) is 0 Å². The number of carbonyl (C=O) groups excluding carboxylic acids is 1. The number of nitrogens with one attached hydrogen (secondary N) is 1. The fraction of sp³-hybridized carbons (Fsp3) is 0.643. The zero-order valence-electron chi connectivity index (χ0n) is 11.1. The van der Waals surface area contributed by atoms with Crippen molar-refractivity contribution in [2.24, 2.45) is 11.3 Å². The van der Waals surface area contributed by atoms with E-state index >= 15 is 0 Å². The smallest absolute Gasteiger partial charge is 0.226 e. The van der Waals surface area contributed by atoms with Crippen molar-refractivity contribution in [1.82, 2.24) is 10.2 Å². The Bertz CT molecular complexity index is 482. The highest BCUT2D eigenvalue weighted by Crippen LogP contribution is 2.59. The molecule has 5 heteroatoms. The zero-order chi connectivity index (χ0) is 13.5. The molecule has 19 heavy (non-hydrogen) atoms. The Morgan fingerprint density at radius 1 is 1.58 bits per heavy atom. The van der Waals surface area contributed by atoms with E-state index in [-0.39, 0.29) is 5.92 Å². The number of nitrogens with zero attached hydrogens (tertiary/aromatic N) is 1. The van der Waals surface area contributed by atoms with E-state index in [0.29, 0.717) is 11.3 Å². The molecule has 1 saturated carbocycles. The average molecular weight is 343 g/mol. The van der Waals surface area contributed by atoms with E-state index in [0.717, 1.165) is 30.5 Å². The number of thiophene rings is 1. The van der Waals surface area contributed by atoms with Crippen LogP contribution in [0.25, 0.3) is 0 Å². The van der Waals surface area contributed by atoms with Crippen LogP contribution in [-0.2, 0) is 11.3 Å². The summed E-state index contributed by atoms with van der Waals surface area (Å²) in [5.41, 5.74) is 0.340. The van der Waals surface area contributed by atoms with Crippen molar-refractivity contribution >= 4 is 33.2 Å². The summed E-state index contributed by atoms with van der Waals surface area (Å²) in [5.74, 6) is 0.620. The van der Waals surface area contributed by atoms with E-state index in [2.05, 4.69) is 32.7 Å². The lowest BCUT2D eigenvalue weighted by atomic mass is 9.91. The molecule has 1 aromatic heterocycles. The van der Waals surface area contributed by atoms with Gasteiger partial charge in [0.05, 0.1) is 6.54 Å². The normalized spacial score (nSPS) is 24.4. The lowest BCUT2D eigenvalue weighted by Gasteiger charge is -2.25. The Kier molecular flexibility index (Phi) is 3.71. The molecule has 0 bridgehead atoms. The molecule has 2 heterocycles. The van der Waals surface area contributed by atoms with Crippen molar-refractivity contribution in [3.05, 3.63) is 20.8 Å². The van der Waals surface area contributed by atoms with Crippen molar-refractivity contribution in [3.8, 4) is 0 Å². The molecule has 1 amide bonds. The molecular formula is C14H19BrN2OS. The number of amides is 1. The van der Waals surface area contributed by atoms with Gasteiger partial charge in [0.1, 0.15) is 0 Å². The summed E-state index contributed by atoms with van der Waals surface area (Å²) in [6.07, 6.45) is 3.44. The fourth-order valence-electron chi connectivity index (χ4n) is 3.19. The van der Waals surface area contributed by atoms with E-state index in [1.54, 1.807) is 11.3 Å². The number of halogens is 1. The van der Waals surface area contributed by atoms with Crippen LogP contribution in [0.4, 0.5) is 0 Å². The molecule has 1 spiro atoms. The molecule has 1 N–H and O–H groups in total. The van der Waals surface area contributed by atoms with E-state index in [1.807, 2.05) is 11.9 Å². The molecular weight excluding hydrogens is 324 g/mol. The van der Waals surface area contributed by atoms with Gasteiger partial charge in [-0.25, -0.2) is 0 Å². The van der Waals surface area contributed by atoms with Crippen LogP contribution >= 0.6 is 27.3 Å². The van der Waals surface area contributed by atoms with Gasteiger partial charge in [0.15, 0.2) is 0 Å². The fourth-order valence-corrected chi connectivity index (χ4v) is 4.69. The Hall–Kier alpha value is -0.390. The number of rotatable bonds is 3. The van der Waals surface area contributed by atoms with Gasteiger partial charge in [0, 0.05) is 27.7 Å². The van der Waals surface area contributed by atoms with Gasteiger partial charge in [-0.1, -0.05) is 0 Å². The number of hydrogen-bond acceptors (Lipinski definition) is 3. The first-order valence-electron chi connectivity index (χ1n) is 6.79. The Labute approximate surface area is 126 Å². The van der Waals surface area contributed by atoms with E-state index in [9.17, 15) is 4.79 Å². The highest BCUT2D eigenvalue weighted by molar-refractivity contribution is 9.10. The number of piperidine rings is 1. The summed E-state index contributed by atoms with van der Waals surface area (Å²) < 4.78 is 1.11. The van der Waals surface area contributed by atoms with Gasteiger partial charge >= 0.3 is 0 Å². The zero-order valence-corrected chi connectivity index (χ0v) is 13.5. The van der Waals surface area contributed by atoms with E-state index < -0.39 is 0 Å². The highest BCUT2D eigenvalue weighted by Gasteiger charge is 2.58. The van der Waals surface area contributed by atoms with Gasteiger partial charge in [0.2, 0.25) is 5.91 Å². The maximum atomic E-state index is 12.5. The predicted octanol–water partition coefficient (Wildman–Crippen LogP) is 2.86. The van der Waals surface area contributed by atoms with Crippen molar-refractivity contribution in [2.75, 3.05) is 20.1 Å².